The molecule has 1 N–H and O–H groups in total. The molecule has 0 saturated carbocycles. The van der Waals surface area contributed by atoms with Gasteiger partial charge in [0.1, 0.15) is 0 Å². The maximum Gasteiger partial charge on any atom is 0.371 e. The molecule has 26 heavy (non-hydrogen) atoms. The van der Waals surface area contributed by atoms with E-state index >= 15 is 0 Å². The standard InChI is InChI=1S/C22H40O4/c1-3-5-7-9-10-11-12-13-15-16-18-20(22(24)25)26-21(23)19-17-14-8-6-4-2/h18H,3-17,19H2,1-2H3,(H,24,25)/b20-18-. The van der Waals surface area contributed by atoms with Crippen LogP contribution in [0.1, 0.15) is 117 Å². The Bertz CT molecular complexity index is 388. The molecule has 0 spiro atoms. The number of ether oxygens (including phenoxy) is 1. The third kappa shape index (κ3) is 16.2. The lowest BCUT2D eigenvalue weighted by Gasteiger charge is -2.05. The quantitative estimate of drug-likeness (QED) is 0.125. The van der Waals surface area contributed by atoms with Crippen molar-refractivity contribution in [3.8, 4) is 0 Å². The van der Waals surface area contributed by atoms with Crippen molar-refractivity contribution < 1.29 is 19.4 Å². The average molecular weight is 369 g/mol. The topological polar surface area (TPSA) is 63.6 Å². The number of unbranched alkanes of at least 4 members (excludes halogenated alkanes) is 13. The lowest BCUT2D eigenvalue weighted by molar-refractivity contribution is -0.148. The highest BCUT2D eigenvalue weighted by Gasteiger charge is 2.13. The second-order valence-electron chi connectivity index (χ2n) is 7.13. The number of hydrogen-bond donors (Lipinski definition) is 1. The van der Waals surface area contributed by atoms with E-state index in [1.807, 2.05) is 0 Å². The van der Waals surface area contributed by atoms with Crippen LogP contribution in [0.3, 0.4) is 0 Å². The molecule has 4 heteroatoms. The molecule has 0 rings (SSSR count). The Hall–Kier alpha value is -1.32. The van der Waals surface area contributed by atoms with Crippen molar-refractivity contribution in [3.05, 3.63) is 11.8 Å². The van der Waals surface area contributed by atoms with E-state index in [9.17, 15) is 9.59 Å². The van der Waals surface area contributed by atoms with Crippen LogP contribution in [0.4, 0.5) is 0 Å². The van der Waals surface area contributed by atoms with E-state index in [0.29, 0.717) is 12.8 Å². The van der Waals surface area contributed by atoms with Gasteiger partial charge in [0.25, 0.3) is 0 Å². The zero-order valence-corrected chi connectivity index (χ0v) is 17.1. The van der Waals surface area contributed by atoms with Crippen LogP contribution in [-0.2, 0) is 14.3 Å². The number of hydrogen-bond acceptors (Lipinski definition) is 3. The molecule has 0 atom stereocenters. The summed E-state index contributed by atoms with van der Waals surface area (Å²) in [6.07, 6.45) is 18.8. The van der Waals surface area contributed by atoms with Crippen LogP contribution >= 0.6 is 0 Å². The minimum Gasteiger partial charge on any atom is -0.475 e. The van der Waals surface area contributed by atoms with Gasteiger partial charge in [-0.15, -0.1) is 0 Å². The van der Waals surface area contributed by atoms with Crippen molar-refractivity contribution in [2.45, 2.75) is 117 Å². The fraction of sp³-hybridized carbons (Fsp3) is 0.818. The first kappa shape index (κ1) is 24.7. The van der Waals surface area contributed by atoms with Gasteiger partial charge in [-0.3, -0.25) is 4.79 Å². The molecule has 0 amide bonds. The monoisotopic (exact) mass is 368 g/mol. The van der Waals surface area contributed by atoms with Crippen LogP contribution in [0, 0.1) is 0 Å². The van der Waals surface area contributed by atoms with Crippen LogP contribution in [0.15, 0.2) is 11.8 Å². The van der Waals surface area contributed by atoms with Gasteiger partial charge in [0, 0.05) is 6.42 Å². The molecule has 0 aliphatic rings. The zero-order valence-electron chi connectivity index (χ0n) is 17.1. The molecule has 0 aromatic rings. The Kier molecular flexibility index (Phi) is 17.5. The second-order valence-corrected chi connectivity index (χ2v) is 7.13. The Labute approximate surface area is 160 Å². The molecular weight excluding hydrogens is 328 g/mol. The number of rotatable bonds is 18. The first-order valence-corrected chi connectivity index (χ1v) is 10.8. The average Bonchev–Trinajstić information content (AvgIpc) is 2.62. The maximum atomic E-state index is 11.7. The Morgan fingerprint density at radius 2 is 1.19 bits per heavy atom. The minimum absolute atomic E-state index is 0.205. The van der Waals surface area contributed by atoms with E-state index in [0.717, 1.165) is 38.5 Å². The number of carbonyl (C=O) groups is 2. The van der Waals surface area contributed by atoms with Crippen LogP contribution in [0.2, 0.25) is 0 Å². The summed E-state index contributed by atoms with van der Waals surface area (Å²) in [5.74, 6) is -1.79. The van der Waals surface area contributed by atoms with Gasteiger partial charge in [0.15, 0.2) is 0 Å². The van der Waals surface area contributed by atoms with Gasteiger partial charge in [0.2, 0.25) is 5.76 Å². The predicted molar refractivity (Wildman–Crippen MR) is 107 cm³/mol. The number of carboxylic acids is 1. The van der Waals surface area contributed by atoms with Gasteiger partial charge < -0.3 is 9.84 Å². The minimum atomic E-state index is -1.15. The molecule has 0 fully saturated rings. The lowest BCUT2D eigenvalue weighted by atomic mass is 10.1. The summed E-state index contributed by atoms with van der Waals surface area (Å²) in [5, 5.41) is 9.16. The first-order valence-electron chi connectivity index (χ1n) is 10.8. The van der Waals surface area contributed by atoms with Crippen LogP contribution < -0.4 is 0 Å². The Morgan fingerprint density at radius 1 is 0.731 bits per heavy atom. The molecule has 0 aromatic heterocycles. The molecular formula is C22H40O4. The van der Waals surface area contributed by atoms with Crippen LogP contribution in [-0.4, -0.2) is 17.0 Å². The molecule has 0 unspecified atom stereocenters. The summed E-state index contributed by atoms with van der Waals surface area (Å²) >= 11 is 0. The fourth-order valence-electron chi connectivity index (χ4n) is 2.91. The highest BCUT2D eigenvalue weighted by molar-refractivity contribution is 5.87. The highest BCUT2D eigenvalue weighted by atomic mass is 16.6. The number of carbonyl (C=O) groups excluding carboxylic acids is 1. The van der Waals surface area contributed by atoms with Gasteiger partial charge in [-0.05, 0) is 25.3 Å². The van der Waals surface area contributed by atoms with Gasteiger partial charge in [-0.25, -0.2) is 4.79 Å². The number of aliphatic carboxylic acids is 1. The van der Waals surface area contributed by atoms with E-state index < -0.39 is 11.9 Å². The molecule has 0 saturated heterocycles. The van der Waals surface area contributed by atoms with Crippen LogP contribution in [0.25, 0.3) is 0 Å². The molecule has 0 aromatic carbocycles. The van der Waals surface area contributed by atoms with Crippen molar-refractivity contribution in [1.82, 2.24) is 0 Å². The van der Waals surface area contributed by atoms with Crippen LogP contribution in [0.5, 0.6) is 0 Å². The Morgan fingerprint density at radius 3 is 1.69 bits per heavy atom. The molecule has 0 heterocycles. The highest BCUT2D eigenvalue weighted by Crippen LogP contribution is 2.12. The van der Waals surface area contributed by atoms with E-state index in [2.05, 4.69) is 13.8 Å². The molecule has 0 aliphatic heterocycles. The number of carboxylic acid groups (broad SMARTS) is 1. The normalized spacial score (nSPS) is 11.5. The third-order valence-corrected chi connectivity index (χ3v) is 4.56. The third-order valence-electron chi connectivity index (χ3n) is 4.56. The van der Waals surface area contributed by atoms with E-state index in [1.165, 1.54) is 51.4 Å². The first-order chi connectivity index (χ1) is 12.6. The van der Waals surface area contributed by atoms with E-state index in [1.54, 1.807) is 6.08 Å². The van der Waals surface area contributed by atoms with Gasteiger partial charge in [-0.1, -0.05) is 90.9 Å². The molecule has 0 radical (unpaired) electrons. The fourth-order valence-corrected chi connectivity index (χ4v) is 2.91. The SMILES string of the molecule is CCCCCCCCCCC/C=C(\OC(=O)CCCCCCC)C(=O)O. The molecule has 152 valence electrons. The summed E-state index contributed by atoms with van der Waals surface area (Å²) in [4.78, 5) is 22.9. The smallest absolute Gasteiger partial charge is 0.371 e. The summed E-state index contributed by atoms with van der Waals surface area (Å²) in [6.45, 7) is 4.37. The van der Waals surface area contributed by atoms with Crippen molar-refractivity contribution >= 4 is 11.9 Å². The number of esters is 1. The number of allylic oxidation sites excluding steroid dienone is 1. The van der Waals surface area contributed by atoms with Crippen molar-refractivity contribution in [1.29, 1.82) is 0 Å². The summed E-state index contributed by atoms with van der Waals surface area (Å²) in [7, 11) is 0. The summed E-state index contributed by atoms with van der Waals surface area (Å²) in [5.41, 5.74) is 0. The van der Waals surface area contributed by atoms with Gasteiger partial charge in [-0.2, -0.15) is 0 Å². The Balaban J connectivity index is 3.82. The van der Waals surface area contributed by atoms with Gasteiger partial charge in [0.05, 0.1) is 0 Å². The van der Waals surface area contributed by atoms with E-state index in [4.69, 9.17) is 9.84 Å². The summed E-state index contributed by atoms with van der Waals surface area (Å²) < 4.78 is 5.02. The maximum absolute atomic E-state index is 11.7. The van der Waals surface area contributed by atoms with Crippen molar-refractivity contribution in [2.24, 2.45) is 0 Å². The molecule has 0 bridgehead atoms. The van der Waals surface area contributed by atoms with Crippen molar-refractivity contribution in [3.63, 3.8) is 0 Å². The van der Waals surface area contributed by atoms with Crippen molar-refractivity contribution in [2.75, 3.05) is 0 Å². The van der Waals surface area contributed by atoms with E-state index in [-0.39, 0.29) is 5.76 Å². The molecule has 4 nitrogen and oxygen atoms in total. The van der Waals surface area contributed by atoms with Gasteiger partial charge >= 0.3 is 11.9 Å². The molecule has 0 aliphatic carbocycles. The zero-order chi connectivity index (χ0) is 19.5. The second kappa shape index (κ2) is 18.5. The summed E-state index contributed by atoms with van der Waals surface area (Å²) in [6, 6.07) is 0. The largest absolute Gasteiger partial charge is 0.475 e. The lowest BCUT2D eigenvalue weighted by Crippen LogP contribution is -2.11. The predicted octanol–water partition coefficient (Wildman–Crippen LogP) is 6.78.